The summed E-state index contributed by atoms with van der Waals surface area (Å²) in [6.45, 7) is 3.10. The zero-order chi connectivity index (χ0) is 15.4. The van der Waals surface area contributed by atoms with E-state index in [1.807, 2.05) is 6.92 Å². The lowest BCUT2D eigenvalue weighted by molar-refractivity contribution is -0.385. The molecule has 8 nitrogen and oxygen atoms in total. The minimum absolute atomic E-state index is 0. The lowest BCUT2D eigenvalue weighted by Crippen LogP contribution is -2.35. The molecule has 1 amide bonds. The molecule has 1 aromatic heterocycles. The van der Waals surface area contributed by atoms with Gasteiger partial charge in [0.15, 0.2) is 0 Å². The van der Waals surface area contributed by atoms with E-state index >= 15 is 0 Å². The highest BCUT2D eigenvalue weighted by Gasteiger charge is 2.26. The van der Waals surface area contributed by atoms with Crippen molar-refractivity contribution in [1.82, 2.24) is 9.88 Å². The van der Waals surface area contributed by atoms with Crippen LogP contribution < -0.4 is 11.1 Å². The number of hydrogen-bond acceptors (Lipinski definition) is 6. The first-order valence-electron chi connectivity index (χ1n) is 6.86. The molecule has 0 bridgehead atoms. The second kappa shape index (κ2) is 9.49. The van der Waals surface area contributed by atoms with Gasteiger partial charge in [0.05, 0.1) is 4.92 Å². The summed E-state index contributed by atoms with van der Waals surface area (Å²) in [6, 6.07) is 2.95. The highest BCUT2D eigenvalue weighted by Crippen LogP contribution is 2.17. The first-order chi connectivity index (χ1) is 9.95. The molecule has 23 heavy (non-hydrogen) atoms. The number of halogens is 2. The molecular formula is C13H21Cl2N5O3. The number of amides is 1. The summed E-state index contributed by atoms with van der Waals surface area (Å²) in [5.41, 5.74) is 5.59. The Morgan fingerprint density at radius 3 is 2.78 bits per heavy atom. The molecule has 2 unspecified atom stereocenters. The van der Waals surface area contributed by atoms with Crippen LogP contribution in [-0.4, -0.2) is 45.9 Å². The lowest BCUT2D eigenvalue weighted by Gasteiger charge is -2.18. The van der Waals surface area contributed by atoms with Crippen molar-refractivity contribution in [2.75, 3.05) is 18.4 Å². The van der Waals surface area contributed by atoms with E-state index in [0.717, 1.165) is 6.42 Å². The number of carbonyl (C=O) groups excluding carboxylic acids is 1. The predicted molar refractivity (Wildman–Crippen MR) is 92.3 cm³/mol. The number of nitro groups is 1. The van der Waals surface area contributed by atoms with Crippen molar-refractivity contribution in [3.8, 4) is 0 Å². The zero-order valence-corrected chi connectivity index (χ0v) is 14.3. The van der Waals surface area contributed by atoms with Crippen LogP contribution in [0.5, 0.6) is 0 Å². The molecule has 130 valence electrons. The largest absolute Gasteiger partial charge is 0.365 e. The maximum Gasteiger partial charge on any atom is 0.287 e. The third kappa shape index (κ3) is 6.17. The maximum atomic E-state index is 11.9. The Bertz CT molecular complexity index is 527. The van der Waals surface area contributed by atoms with Gasteiger partial charge < -0.3 is 16.0 Å². The van der Waals surface area contributed by atoms with Gasteiger partial charge in [-0.15, -0.1) is 24.8 Å². The average molecular weight is 366 g/mol. The molecule has 1 aliphatic heterocycles. The topological polar surface area (TPSA) is 114 Å². The number of pyridine rings is 1. The van der Waals surface area contributed by atoms with Crippen molar-refractivity contribution in [3.63, 3.8) is 0 Å². The van der Waals surface area contributed by atoms with Crippen LogP contribution >= 0.6 is 24.8 Å². The van der Waals surface area contributed by atoms with Gasteiger partial charge in [-0.2, -0.15) is 0 Å². The van der Waals surface area contributed by atoms with Crippen molar-refractivity contribution in [2.24, 2.45) is 5.73 Å². The predicted octanol–water partition coefficient (Wildman–Crippen LogP) is 1.58. The molecule has 0 spiro atoms. The Kier molecular flexibility index (Phi) is 8.81. The number of nitrogens with zero attached hydrogens (tertiary/aromatic N) is 3. The average Bonchev–Trinajstić information content (AvgIpc) is 2.87. The minimum Gasteiger partial charge on any atom is -0.365 e. The van der Waals surface area contributed by atoms with Crippen LogP contribution in [0, 0.1) is 10.1 Å². The molecule has 2 atom stereocenters. The third-order valence-electron chi connectivity index (χ3n) is 3.35. The Morgan fingerprint density at radius 2 is 2.26 bits per heavy atom. The number of aromatic nitrogens is 1. The molecule has 0 radical (unpaired) electrons. The molecule has 1 saturated heterocycles. The van der Waals surface area contributed by atoms with Gasteiger partial charge in [0, 0.05) is 37.7 Å². The second-order valence-corrected chi connectivity index (χ2v) is 5.31. The Morgan fingerprint density at radius 1 is 1.57 bits per heavy atom. The van der Waals surface area contributed by atoms with Gasteiger partial charge in [-0.05, 0) is 19.4 Å². The fourth-order valence-corrected chi connectivity index (χ4v) is 2.30. The molecule has 0 aromatic carbocycles. The van der Waals surface area contributed by atoms with Gasteiger partial charge in [0.2, 0.25) is 5.91 Å². The molecule has 0 saturated carbocycles. The van der Waals surface area contributed by atoms with E-state index in [1.165, 1.54) is 12.3 Å². The lowest BCUT2D eigenvalue weighted by atomic mass is 10.2. The molecule has 1 aromatic rings. The van der Waals surface area contributed by atoms with Crippen molar-refractivity contribution in [3.05, 3.63) is 28.4 Å². The maximum absolute atomic E-state index is 11.9. The summed E-state index contributed by atoms with van der Waals surface area (Å²) in [7, 11) is 0. The normalized spacial score (nSPS) is 17.7. The van der Waals surface area contributed by atoms with Gasteiger partial charge >= 0.3 is 0 Å². The SMILES string of the molecule is CC(N)CC(=O)N1CCC(Nc2ccc([N+](=O)[O-])cn2)C1.Cl.Cl. The highest BCUT2D eigenvalue weighted by atomic mass is 35.5. The second-order valence-electron chi connectivity index (χ2n) is 5.31. The van der Waals surface area contributed by atoms with E-state index in [9.17, 15) is 14.9 Å². The van der Waals surface area contributed by atoms with Crippen LogP contribution in [0.3, 0.4) is 0 Å². The zero-order valence-electron chi connectivity index (χ0n) is 12.7. The first-order valence-corrected chi connectivity index (χ1v) is 6.86. The summed E-state index contributed by atoms with van der Waals surface area (Å²) in [4.78, 5) is 27.8. The van der Waals surface area contributed by atoms with E-state index in [4.69, 9.17) is 5.73 Å². The standard InChI is InChI=1S/C13H19N5O3.2ClH/c1-9(14)6-13(19)17-5-4-10(8-17)16-12-3-2-11(7-15-12)18(20)21;;/h2-3,7,9-10H,4-6,8,14H2,1H3,(H,15,16);2*1H. The van der Waals surface area contributed by atoms with Crippen molar-refractivity contribution in [1.29, 1.82) is 0 Å². The Balaban J connectivity index is 0.00000242. The quantitative estimate of drug-likeness (QED) is 0.604. The van der Waals surface area contributed by atoms with Crippen LogP contribution in [0.25, 0.3) is 0 Å². The molecule has 2 heterocycles. The summed E-state index contributed by atoms with van der Waals surface area (Å²) in [5, 5.41) is 13.7. The van der Waals surface area contributed by atoms with Crippen LogP contribution in [0.1, 0.15) is 19.8 Å². The minimum atomic E-state index is -0.485. The number of nitrogens with one attached hydrogen (secondary N) is 1. The number of rotatable bonds is 5. The molecule has 3 N–H and O–H groups in total. The Hall–Kier alpha value is -1.64. The highest BCUT2D eigenvalue weighted by molar-refractivity contribution is 5.85. The number of likely N-dealkylation sites (tertiary alicyclic amines) is 1. The molecule has 1 fully saturated rings. The number of anilines is 1. The summed E-state index contributed by atoms with van der Waals surface area (Å²) >= 11 is 0. The smallest absolute Gasteiger partial charge is 0.287 e. The number of carbonyl (C=O) groups is 1. The first kappa shape index (κ1) is 21.4. The van der Waals surface area contributed by atoms with Gasteiger partial charge in [-0.1, -0.05) is 0 Å². The van der Waals surface area contributed by atoms with Gasteiger partial charge in [-0.3, -0.25) is 14.9 Å². The van der Waals surface area contributed by atoms with E-state index in [1.54, 1.807) is 11.0 Å². The van der Waals surface area contributed by atoms with Crippen molar-refractivity contribution in [2.45, 2.75) is 31.8 Å². The van der Waals surface area contributed by atoms with E-state index < -0.39 is 4.92 Å². The van der Waals surface area contributed by atoms with Crippen LogP contribution in [0.4, 0.5) is 11.5 Å². The van der Waals surface area contributed by atoms with Gasteiger partial charge in [0.25, 0.3) is 5.69 Å². The third-order valence-corrected chi connectivity index (χ3v) is 3.35. The molecular weight excluding hydrogens is 345 g/mol. The van der Waals surface area contributed by atoms with E-state index in [-0.39, 0.29) is 48.5 Å². The molecule has 2 rings (SSSR count). The van der Waals surface area contributed by atoms with E-state index in [2.05, 4.69) is 10.3 Å². The Labute approximate surface area is 146 Å². The monoisotopic (exact) mass is 365 g/mol. The summed E-state index contributed by atoms with van der Waals surface area (Å²) in [5.74, 6) is 0.637. The summed E-state index contributed by atoms with van der Waals surface area (Å²) < 4.78 is 0. The molecule has 10 heteroatoms. The van der Waals surface area contributed by atoms with Crippen LogP contribution in [-0.2, 0) is 4.79 Å². The van der Waals surface area contributed by atoms with Crippen LogP contribution in [0.15, 0.2) is 18.3 Å². The van der Waals surface area contributed by atoms with Crippen molar-refractivity contribution < 1.29 is 9.72 Å². The number of hydrogen-bond donors (Lipinski definition) is 2. The van der Waals surface area contributed by atoms with Crippen LogP contribution in [0.2, 0.25) is 0 Å². The van der Waals surface area contributed by atoms with E-state index in [0.29, 0.717) is 25.3 Å². The fourth-order valence-electron chi connectivity index (χ4n) is 2.30. The van der Waals surface area contributed by atoms with Gasteiger partial charge in [-0.25, -0.2) is 4.98 Å². The van der Waals surface area contributed by atoms with Crippen molar-refractivity contribution >= 4 is 42.2 Å². The van der Waals surface area contributed by atoms with Gasteiger partial charge in [0.1, 0.15) is 12.0 Å². The molecule has 1 aliphatic rings. The summed E-state index contributed by atoms with van der Waals surface area (Å²) in [6.07, 6.45) is 2.39. The molecule has 0 aliphatic carbocycles. The fraction of sp³-hybridized carbons (Fsp3) is 0.538. The number of nitrogens with two attached hydrogens (primary N) is 1.